The van der Waals surface area contributed by atoms with E-state index in [1.807, 2.05) is 6.07 Å². The molecule has 4 rings (SSSR count). The number of hydrogen-bond acceptors (Lipinski definition) is 5. The van der Waals surface area contributed by atoms with Gasteiger partial charge < -0.3 is 9.47 Å². The highest BCUT2D eigenvalue weighted by atomic mass is 35.5. The first-order chi connectivity index (χ1) is 13.8. The molecular formula is C19H19ClF2N2O4S. The fraction of sp³-hybridized carbons (Fsp3) is 0.368. The number of benzene rings is 2. The summed E-state index contributed by atoms with van der Waals surface area (Å²) >= 11 is 6.19. The van der Waals surface area contributed by atoms with Crippen molar-refractivity contribution in [1.82, 2.24) is 9.21 Å². The third kappa shape index (κ3) is 4.24. The van der Waals surface area contributed by atoms with Gasteiger partial charge in [0.1, 0.15) is 22.3 Å². The number of nitrogens with zero attached hydrogens (tertiary/aromatic N) is 2. The fourth-order valence-electron chi connectivity index (χ4n) is 3.56. The smallest absolute Gasteiger partial charge is 0.246 e. The number of piperazine rings is 1. The van der Waals surface area contributed by atoms with E-state index >= 15 is 0 Å². The molecule has 0 spiro atoms. The molecule has 0 aliphatic carbocycles. The van der Waals surface area contributed by atoms with Crippen LogP contribution in [0.3, 0.4) is 0 Å². The van der Waals surface area contributed by atoms with Crippen LogP contribution in [0.15, 0.2) is 35.2 Å². The topological polar surface area (TPSA) is 59.1 Å². The van der Waals surface area contributed by atoms with E-state index in [4.69, 9.17) is 21.1 Å². The number of hydrogen-bond donors (Lipinski definition) is 0. The Labute approximate surface area is 172 Å². The zero-order valence-corrected chi connectivity index (χ0v) is 17.0. The molecule has 1 fully saturated rings. The summed E-state index contributed by atoms with van der Waals surface area (Å²) in [6.45, 7) is 2.35. The van der Waals surface area contributed by atoms with Crippen molar-refractivity contribution in [2.75, 3.05) is 33.0 Å². The van der Waals surface area contributed by atoms with Gasteiger partial charge in [0, 0.05) is 48.9 Å². The lowest BCUT2D eigenvalue weighted by Crippen LogP contribution is -2.48. The van der Waals surface area contributed by atoms with Gasteiger partial charge in [-0.1, -0.05) is 11.6 Å². The summed E-state index contributed by atoms with van der Waals surface area (Å²) in [6.07, 6.45) is 0. The predicted molar refractivity (Wildman–Crippen MR) is 102 cm³/mol. The van der Waals surface area contributed by atoms with Crippen LogP contribution in [0.5, 0.6) is 5.75 Å². The van der Waals surface area contributed by atoms with Gasteiger partial charge >= 0.3 is 0 Å². The van der Waals surface area contributed by atoms with E-state index in [1.165, 1.54) is 4.31 Å². The summed E-state index contributed by atoms with van der Waals surface area (Å²) in [5, 5.41) is 0.579. The summed E-state index contributed by atoms with van der Waals surface area (Å²) in [5.41, 5.74) is 1.78. The average Bonchev–Trinajstić information content (AvgIpc) is 2.70. The summed E-state index contributed by atoms with van der Waals surface area (Å²) in [4.78, 5) is 1.43. The normalized spacial score (nSPS) is 18.3. The van der Waals surface area contributed by atoms with Gasteiger partial charge in [-0.25, -0.2) is 17.2 Å². The van der Waals surface area contributed by atoms with Gasteiger partial charge in [-0.05, 0) is 30.3 Å². The molecule has 156 valence electrons. The molecule has 1 saturated heterocycles. The van der Waals surface area contributed by atoms with Crippen molar-refractivity contribution in [3.63, 3.8) is 0 Å². The van der Waals surface area contributed by atoms with Crippen molar-refractivity contribution in [1.29, 1.82) is 0 Å². The molecule has 0 N–H and O–H groups in total. The van der Waals surface area contributed by atoms with Gasteiger partial charge in [-0.2, -0.15) is 4.31 Å². The molecule has 2 heterocycles. The van der Waals surface area contributed by atoms with Crippen molar-refractivity contribution in [3.8, 4) is 5.75 Å². The Morgan fingerprint density at radius 3 is 2.59 bits per heavy atom. The Bertz CT molecular complexity index is 1030. The van der Waals surface area contributed by atoms with E-state index in [0.717, 1.165) is 29.0 Å². The van der Waals surface area contributed by atoms with Crippen LogP contribution in [-0.4, -0.2) is 50.6 Å². The minimum atomic E-state index is -4.10. The minimum absolute atomic E-state index is 0.172. The SMILES string of the molecule is O=S(=O)(c1cc(F)ccc1F)N1CCN(Cc2cc(Cl)cc3c2OCOC3)CC1. The monoisotopic (exact) mass is 444 g/mol. The second kappa shape index (κ2) is 8.16. The number of rotatable bonds is 4. The average molecular weight is 445 g/mol. The molecule has 0 atom stereocenters. The summed E-state index contributed by atoms with van der Waals surface area (Å²) in [5.74, 6) is -1.00. The van der Waals surface area contributed by atoms with E-state index in [2.05, 4.69) is 4.90 Å². The van der Waals surface area contributed by atoms with Crippen molar-refractivity contribution in [3.05, 3.63) is 58.1 Å². The van der Waals surface area contributed by atoms with Crippen LogP contribution in [0.25, 0.3) is 0 Å². The largest absolute Gasteiger partial charge is 0.467 e. The molecular weight excluding hydrogens is 426 g/mol. The first-order valence-corrected chi connectivity index (χ1v) is 10.9. The molecule has 0 aromatic heterocycles. The molecule has 10 heteroatoms. The van der Waals surface area contributed by atoms with Crippen LogP contribution >= 0.6 is 11.6 Å². The molecule has 0 bridgehead atoms. The summed E-state index contributed by atoms with van der Waals surface area (Å²) < 4.78 is 64.9. The zero-order valence-electron chi connectivity index (χ0n) is 15.4. The van der Waals surface area contributed by atoms with Crippen LogP contribution in [0, 0.1) is 11.6 Å². The Morgan fingerprint density at radius 1 is 1.07 bits per heavy atom. The van der Waals surface area contributed by atoms with E-state index in [-0.39, 0.29) is 19.9 Å². The molecule has 0 radical (unpaired) electrons. The third-order valence-corrected chi connectivity index (χ3v) is 7.12. The van der Waals surface area contributed by atoms with Gasteiger partial charge in [-0.3, -0.25) is 4.90 Å². The Hall–Kier alpha value is -1.78. The molecule has 6 nitrogen and oxygen atoms in total. The fourth-order valence-corrected chi connectivity index (χ4v) is 5.32. The standard InChI is InChI=1S/C19H19ClF2N2O4S/c20-15-7-13(19-14(8-15)11-27-12-28-19)10-23-3-5-24(6-4-23)29(25,26)18-9-16(21)1-2-17(18)22/h1-2,7-9H,3-6,10-12H2. The molecule has 0 amide bonds. The number of ether oxygens (including phenoxy) is 2. The highest BCUT2D eigenvalue weighted by Gasteiger charge is 2.31. The minimum Gasteiger partial charge on any atom is -0.467 e. The molecule has 2 aliphatic heterocycles. The maximum atomic E-state index is 14.0. The van der Waals surface area contributed by atoms with Gasteiger partial charge in [0.05, 0.1) is 6.61 Å². The van der Waals surface area contributed by atoms with Crippen LogP contribution < -0.4 is 4.74 Å². The third-order valence-electron chi connectivity index (χ3n) is 4.99. The van der Waals surface area contributed by atoms with E-state index < -0.39 is 26.6 Å². The lowest BCUT2D eigenvalue weighted by Gasteiger charge is -2.34. The Morgan fingerprint density at radius 2 is 1.83 bits per heavy atom. The first-order valence-electron chi connectivity index (χ1n) is 9.04. The lowest BCUT2D eigenvalue weighted by atomic mass is 10.1. The van der Waals surface area contributed by atoms with Crippen molar-refractivity contribution in [2.24, 2.45) is 0 Å². The van der Waals surface area contributed by atoms with Crippen LogP contribution in [0.4, 0.5) is 8.78 Å². The van der Waals surface area contributed by atoms with E-state index in [0.29, 0.717) is 37.3 Å². The van der Waals surface area contributed by atoms with Crippen molar-refractivity contribution >= 4 is 21.6 Å². The number of fused-ring (bicyclic) bond motifs is 1. The summed E-state index contributed by atoms with van der Waals surface area (Å²) in [6, 6.07) is 6.07. The summed E-state index contributed by atoms with van der Waals surface area (Å²) in [7, 11) is -4.10. The van der Waals surface area contributed by atoms with Crippen LogP contribution in [0.2, 0.25) is 5.02 Å². The lowest BCUT2D eigenvalue weighted by molar-refractivity contribution is -0.0175. The van der Waals surface area contributed by atoms with Gasteiger partial charge in [0.25, 0.3) is 0 Å². The molecule has 0 unspecified atom stereocenters. The molecule has 0 saturated carbocycles. The van der Waals surface area contributed by atoms with E-state index in [1.54, 1.807) is 6.07 Å². The molecule has 29 heavy (non-hydrogen) atoms. The highest BCUT2D eigenvalue weighted by molar-refractivity contribution is 7.89. The Kier molecular flexibility index (Phi) is 5.76. The second-order valence-electron chi connectivity index (χ2n) is 6.92. The zero-order chi connectivity index (χ0) is 20.6. The van der Waals surface area contributed by atoms with Crippen molar-refractivity contribution in [2.45, 2.75) is 18.0 Å². The van der Waals surface area contributed by atoms with Crippen molar-refractivity contribution < 1.29 is 26.7 Å². The van der Waals surface area contributed by atoms with E-state index in [9.17, 15) is 17.2 Å². The van der Waals surface area contributed by atoms with Crippen LogP contribution in [-0.2, 0) is 27.9 Å². The number of halogens is 3. The first kappa shape index (κ1) is 20.5. The molecule has 2 aromatic rings. The van der Waals surface area contributed by atoms with Gasteiger partial charge in [0.15, 0.2) is 6.79 Å². The molecule has 2 aliphatic rings. The Balaban J connectivity index is 1.46. The highest BCUT2D eigenvalue weighted by Crippen LogP contribution is 2.33. The second-order valence-corrected chi connectivity index (χ2v) is 9.26. The number of sulfonamides is 1. The van der Waals surface area contributed by atoms with Gasteiger partial charge in [0.2, 0.25) is 10.0 Å². The maximum absolute atomic E-state index is 14.0. The maximum Gasteiger partial charge on any atom is 0.246 e. The van der Waals surface area contributed by atoms with Gasteiger partial charge in [-0.15, -0.1) is 0 Å². The molecule has 2 aromatic carbocycles. The predicted octanol–water partition coefficient (Wildman–Crippen LogP) is 2.99. The van der Waals surface area contributed by atoms with Crippen LogP contribution in [0.1, 0.15) is 11.1 Å². The quantitative estimate of drug-likeness (QED) is 0.725.